The van der Waals surface area contributed by atoms with Gasteiger partial charge in [0.25, 0.3) is 0 Å². The number of carbonyl (C=O) groups excluding carboxylic acids is 1. The van der Waals surface area contributed by atoms with Crippen molar-refractivity contribution in [3.8, 4) is 0 Å². The second-order valence-corrected chi connectivity index (χ2v) is 4.05. The lowest BCUT2D eigenvalue weighted by Gasteiger charge is -2.29. The number of aliphatic hydroxyl groups excluding tert-OH is 1. The predicted molar refractivity (Wildman–Crippen MR) is 61.8 cm³/mol. The molecule has 0 amide bonds. The highest BCUT2D eigenvalue weighted by Gasteiger charge is 2.26. The lowest BCUT2D eigenvalue weighted by Crippen LogP contribution is -2.36. The molecule has 0 atom stereocenters. The van der Waals surface area contributed by atoms with Crippen molar-refractivity contribution in [2.24, 2.45) is 0 Å². The summed E-state index contributed by atoms with van der Waals surface area (Å²) in [7, 11) is 1.30. The van der Waals surface area contributed by atoms with Crippen LogP contribution in [0.5, 0.6) is 0 Å². The fourth-order valence-electron chi connectivity index (χ4n) is 1.96. The Hall–Kier alpha value is -1.76. The minimum atomic E-state index is -0.502. The van der Waals surface area contributed by atoms with Gasteiger partial charge < -0.3 is 20.5 Å². The summed E-state index contributed by atoms with van der Waals surface area (Å²) in [6.07, 6.45) is 1.05. The zero-order chi connectivity index (χ0) is 12.4. The van der Waals surface area contributed by atoms with Crippen LogP contribution in [0.15, 0.2) is 0 Å². The van der Waals surface area contributed by atoms with Gasteiger partial charge in [-0.05, 0) is 12.8 Å². The SMILES string of the molecule is COC(=O)c1c(N2CCC(O)CC2)n[nH]c1N. The van der Waals surface area contributed by atoms with Crippen LogP contribution in [0.2, 0.25) is 0 Å². The maximum absolute atomic E-state index is 11.6. The Morgan fingerprint density at radius 1 is 1.59 bits per heavy atom. The van der Waals surface area contributed by atoms with Crippen LogP contribution in [0.4, 0.5) is 11.6 Å². The maximum atomic E-state index is 11.6. The number of esters is 1. The number of methoxy groups -OCH3 is 1. The Kier molecular flexibility index (Phi) is 3.19. The van der Waals surface area contributed by atoms with Gasteiger partial charge in [-0.2, -0.15) is 5.10 Å². The van der Waals surface area contributed by atoms with Crippen molar-refractivity contribution < 1.29 is 14.6 Å². The minimum absolute atomic E-state index is 0.206. The lowest BCUT2D eigenvalue weighted by atomic mass is 10.1. The maximum Gasteiger partial charge on any atom is 0.345 e. The van der Waals surface area contributed by atoms with Crippen molar-refractivity contribution in [3.63, 3.8) is 0 Å². The van der Waals surface area contributed by atoms with E-state index in [0.717, 1.165) is 0 Å². The molecule has 0 unspecified atom stereocenters. The summed E-state index contributed by atoms with van der Waals surface area (Å²) in [5.41, 5.74) is 5.92. The monoisotopic (exact) mass is 240 g/mol. The van der Waals surface area contributed by atoms with Crippen LogP contribution in [0.3, 0.4) is 0 Å². The van der Waals surface area contributed by atoms with Gasteiger partial charge in [0.2, 0.25) is 0 Å². The normalized spacial score (nSPS) is 17.2. The number of H-pyrrole nitrogens is 1. The first-order valence-electron chi connectivity index (χ1n) is 5.48. The van der Waals surface area contributed by atoms with E-state index in [1.807, 2.05) is 4.90 Å². The number of carbonyl (C=O) groups is 1. The van der Waals surface area contributed by atoms with Crippen molar-refractivity contribution in [3.05, 3.63) is 5.56 Å². The first-order valence-corrected chi connectivity index (χ1v) is 5.48. The van der Waals surface area contributed by atoms with Gasteiger partial charge in [0.1, 0.15) is 11.4 Å². The number of hydrogen-bond acceptors (Lipinski definition) is 6. The highest BCUT2D eigenvalue weighted by atomic mass is 16.5. The number of aliphatic hydroxyl groups is 1. The van der Waals surface area contributed by atoms with Crippen LogP contribution in [-0.4, -0.2) is 47.6 Å². The van der Waals surface area contributed by atoms with E-state index in [2.05, 4.69) is 14.9 Å². The van der Waals surface area contributed by atoms with Crippen molar-refractivity contribution >= 4 is 17.6 Å². The molecule has 2 rings (SSSR count). The molecule has 0 bridgehead atoms. The van der Waals surface area contributed by atoms with Crippen LogP contribution in [0, 0.1) is 0 Å². The Balaban J connectivity index is 2.23. The number of aromatic amines is 1. The summed E-state index contributed by atoms with van der Waals surface area (Å²) in [5, 5.41) is 16.0. The topological polar surface area (TPSA) is 104 Å². The molecule has 0 radical (unpaired) electrons. The Labute approximate surface area is 98.5 Å². The number of rotatable bonds is 2. The molecule has 1 saturated heterocycles. The van der Waals surface area contributed by atoms with E-state index in [1.165, 1.54) is 7.11 Å². The molecule has 2 heterocycles. The minimum Gasteiger partial charge on any atom is -0.465 e. The van der Waals surface area contributed by atoms with E-state index in [4.69, 9.17) is 5.73 Å². The number of nitrogens with one attached hydrogen (secondary N) is 1. The van der Waals surface area contributed by atoms with Gasteiger partial charge in [-0.3, -0.25) is 5.10 Å². The van der Waals surface area contributed by atoms with Gasteiger partial charge >= 0.3 is 5.97 Å². The van der Waals surface area contributed by atoms with E-state index in [9.17, 15) is 9.90 Å². The molecule has 1 fully saturated rings. The molecule has 17 heavy (non-hydrogen) atoms. The fraction of sp³-hybridized carbons (Fsp3) is 0.600. The molecular formula is C10H16N4O3. The largest absolute Gasteiger partial charge is 0.465 e. The van der Waals surface area contributed by atoms with Gasteiger partial charge in [-0.15, -0.1) is 0 Å². The summed E-state index contributed by atoms with van der Waals surface area (Å²) in [5.74, 6) is 0.205. The molecule has 7 heteroatoms. The first-order chi connectivity index (χ1) is 8.13. The predicted octanol–water partition coefficient (Wildman–Crippen LogP) is -0.260. The summed E-state index contributed by atoms with van der Waals surface area (Å²) >= 11 is 0. The third-order valence-electron chi connectivity index (χ3n) is 2.93. The summed E-state index contributed by atoms with van der Waals surface area (Å²) < 4.78 is 4.67. The average molecular weight is 240 g/mol. The standard InChI is InChI=1S/C10H16N4O3/c1-17-10(16)7-8(11)12-13-9(7)14-4-2-6(15)3-5-14/h6,15H,2-5H2,1H3,(H3,11,12,13). The molecule has 7 nitrogen and oxygen atoms in total. The number of piperidine rings is 1. The molecule has 1 aromatic heterocycles. The van der Waals surface area contributed by atoms with Crippen LogP contribution >= 0.6 is 0 Å². The van der Waals surface area contributed by atoms with Gasteiger partial charge in [0.15, 0.2) is 5.82 Å². The number of aromatic nitrogens is 2. The van der Waals surface area contributed by atoms with Crippen molar-refractivity contribution in [1.29, 1.82) is 0 Å². The molecule has 1 aliphatic heterocycles. The number of hydrogen-bond donors (Lipinski definition) is 3. The fourth-order valence-corrected chi connectivity index (χ4v) is 1.96. The van der Waals surface area contributed by atoms with Crippen LogP contribution < -0.4 is 10.6 Å². The molecule has 1 aliphatic rings. The third-order valence-corrected chi connectivity index (χ3v) is 2.93. The second-order valence-electron chi connectivity index (χ2n) is 4.05. The number of nitrogens with two attached hydrogens (primary N) is 1. The molecule has 0 aromatic carbocycles. The molecule has 0 spiro atoms. The second kappa shape index (κ2) is 4.62. The van der Waals surface area contributed by atoms with Gasteiger partial charge in [0.05, 0.1) is 13.2 Å². The summed E-state index contributed by atoms with van der Waals surface area (Å²) in [6, 6.07) is 0. The van der Waals surface area contributed by atoms with Gasteiger partial charge in [0, 0.05) is 13.1 Å². The molecule has 94 valence electrons. The van der Waals surface area contributed by atoms with Crippen LogP contribution in [0.25, 0.3) is 0 Å². The average Bonchev–Trinajstić information content (AvgIpc) is 2.71. The summed E-state index contributed by atoms with van der Waals surface area (Å²) in [6.45, 7) is 1.30. The molecule has 0 aliphatic carbocycles. The van der Waals surface area contributed by atoms with Crippen LogP contribution in [-0.2, 0) is 4.74 Å². The van der Waals surface area contributed by atoms with E-state index >= 15 is 0 Å². The van der Waals surface area contributed by atoms with E-state index in [1.54, 1.807) is 0 Å². The van der Waals surface area contributed by atoms with E-state index in [-0.39, 0.29) is 17.5 Å². The van der Waals surface area contributed by atoms with Crippen molar-refractivity contribution in [1.82, 2.24) is 10.2 Å². The molecule has 0 saturated carbocycles. The van der Waals surface area contributed by atoms with Gasteiger partial charge in [-0.1, -0.05) is 0 Å². The molecule has 1 aromatic rings. The highest BCUT2D eigenvalue weighted by Crippen LogP contribution is 2.26. The highest BCUT2D eigenvalue weighted by molar-refractivity contribution is 5.99. The summed E-state index contributed by atoms with van der Waals surface area (Å²) in [4.78, 5) is 13.5. The number of anilines is 2. The molecular weight excluding hydrogens is 224 g/mol. The van der Waals surface area contributed by atoms with Crippen LogP contribution in [0.1, 0.15) is 23.2 Å². The van der Waals surface area contributed by atoms with Crippen molar-refractivity contribution in [2.75, 3.05) is 30.8 Å². The zero-order valence-corrected chi connectivity index (χ0v) is 9.64. The number of ether oxygens (including phenoxy) is 1. The quantitative estimate of drug-likeness (QED) is 0.615. The lowest BCUT2D eigenvalue weighted by molar-refractivity contribution is 0.0602. The molecule has 4 N–H and O–H groups in total. The number of nitrogen functional groups attached to an aromatic ring is 1. The Morgan fingerprint density at radius 3 is 2.82 bits per heavy atom. The van der Waals surface area contributed by atoms with Crippen molar-refractivity contribution in [2.45, 2.75) is 18.9 Å². The van der Waals surface area contributed by atoms with E-state index < -0.39 is 5.97 Å². The third kappa shape index (κ3) is 2.19. The number of nitrogens with zero attached hydrogens (tertiary/aromatic N) is 2. The van der Waals surface area contributed by atoms with Gasteiger partial charge in [-0.25, -0.2) is 4.79 Å². The zero-order valence-electron chi connectivity index (χ0n) is 9.64. The first kappa shape index (κ1) is 11.7. The smallest absolute Gasteiger partial charge is 0.345 e. The van der Waals surface area contributed by atoms with E-state index in [0.29, 0.717) is 31.7 Å². The Bertz CT molecular complexity index is 410. The Morgan fingerprint density at radius 2 is 2.24 bits per heavy atom.